The van der Waals surface area contributed by atoms with Crippen molar-refractivity contribution in [2.24, 2.45) is 0 Å². The molecule has 0 aliphatic carbocycles. The molecule has 1 aromatic rings. The molecule has 0 unspecified atom stereocenters. The normalized spacial score (nSPS) is 11.3. The maximum absolute atomic E-state index is 11.4. The van der Waals surface area contributed by atoms with Crippen molar-refractivity contribution >= 4 is 18.5 Å². The Morgan fingerprint density at radius 3 is 2.41 bits per heavy atom. The molecule has 0 aliphatic heterocycles. The van der Waals surface area contributed by atoms with Crippen LogP contribution in [-0.2, 0) is 10.2 Å². The first-order chi connectivity index (χ1) is 7.95. The highest BCUT2D eigenvalue weighted by Crippen LogP contribution is 2.22. The first-order valence-corrected chi connectivity index (χ1v) is 6.53. The van der Waals surface area contributed by atoms with E-state index in [1.54, 1.807) is 0 Å². The van der Waals surface area contributed by atoms with Crippen LogP contribution in [0.5, 0.6) is 0 Å². The van der Waals surface area contributed by atoms with Gasteiger partial charge in [-0.05, 0) is 18.2 Å². The minimum absolute atomic E-state index is 0.0417. The molecule has 94 valence electrons. The smallest absolute Gasteiger partial charge is 0.220 e. The lowest BCUT2D eigenvalue weighted by Crippen LogP contribution is -2.36. The summed E-state index contributed by atoms with van der Waals surface area (Å²) < 4.78 is 0. The molecule has 1 N–H and O–H groups in total. The molecule has 0 fully saturated rings. The van der Waals surface area contributed by atoms with Gasteiger partial charge < -0.3 is 5.32 Å². The van der Waals surface area contributed by atoms with E-state index in [2.05, 4.69) is 63.0 Å². The van der Waals surface area contributed by atoms with Gasteiger partial charge in [0.05, 0.1) is 0 Å². The maximum Gasteiger partial charge on any atom is 0.220 e. The van der Waals surface area contributed by atoms with Crippen LogP contribution < -0.4 is 5.32 Å². The molecule has 0 spiro atoms. The average Bonchev–Trinajstić information content (AvgIpc) is 2.28. The van der Waals surface area contributed by atoms with Gasteiger partial charge >= 0.3 is 0 Å². The van der Waals surface area contributed by atoms with Gasteiger partial charge in [0.1, 0.15) is 0 Å². The van der Waals surface area contributed by atoms with Crippen LogP contribution in [0.25, 0.3) is 0 Å². The number of aryl methyl sites for hydroxylation is 1. The summed E-state index contributed by atoms with van der Waals surface area (Å²) in [7, 11) is 0. The molecule has 0 heterocycles. The molecule has 1 aromatic carbocycles. The Hall–Kier alpha value is -0.960. The summed E-state index contributed by atoms with van der Waals surface area (Å²) in [6, 6.07) is 8.46. The molecular formula is C14H21NOS. The molecule has 2 nitrogen and oxygen atoms in total. The van der Waals surface area contributed by atoms with Crippen molar-refractivity contribution in [2.75, 3.05) is 12.3 Å². The standard InChI is InChI=1S/C14H21NOS/c1-11-4-6-12(7-5-11)14(2,3)10-15-13(16)8-9-17/h4-7,17H,8-10H2,1-3H3,(H,15,16). The molecule has 0 aliphatic rings. The summed E-state index contributed by atoms with van der Waals surface area (Å²) in [4.78, 5) is 11.4. The number of carbonyl (C=O) groups is 1. The van der Waals surface area contributed by atoms with Crippen LogP contribution in [-0.4, -0.2) is 18.2 Å². The van der Waals surface area contributed by atoms with Crippen LogP contribution in [0.1, 0.15) is 31.4 Å². The predicted molar refractivity (Wildman–Crippen MR) is 75.7 cm³/mol. The van der Waals surface area contributed by atoms with Crippen molar-refractivity contribution in [2.45, 2.75) is 32.6 Å². The fourth-order valence-corrected chi connectivity index (χ4v) is 1.82. The van der Waals surface area contributed by atoms with Crippen molar-refractivity contribution < 1.29 is 4.79 Å². The lowest BCUT2D eigenvalue weighted by Gasteiger charge is -2.25. The Morgan fingerprint density at radius 1 is 1.29 bits per heavy atom. The second-order valence-electron chi connectivity index (χ2n) is 5.00. The molecule has 3 heteroatoms. The van der Waals surface area contributed by atoms with Gasteiger partial charge in [0.15, 0.2) is 0 Å². The van der Waals surface area contributed by atoms with Gasteiger partial charge in [-0.15, -0.1) is 0 Å². The second kappa shape index (κ2) is 6.10. The highest BCUT2D eigenvalue weighted by Gasteiger charge is 2.20. The fourth-order valence-electron chi connectivity index (χ4n) is 1.62. The molecule has 0 saturated heterocycles. The first kappa shape index (κ1) is 14.1. The van der Waals surface area contributed by atoms with E-state index in [1.165, 1.54) is 11.1 Å². The number of carbonyl (C=O) groups excluding carboxylic acids is 1. The Labute approximate surface area is 109 Å². The number of rotatable bonds is 5. The van der Waals surface area contributed by atoms with Crippen molar-refractivity contribution in [3.63, 3.8) is 0 Å². The molecule has 0 bridgehead atoms. The molecule has 0 atom stereocenters. The number of thiol groups is 1. The molecule has 1 amide bonds. The van der Waals surface area contributed by atoms with Gasteiger partial charge in [-0.1, -0.05) is 43.7 Å². The zero-order valence-corrected chi connectivity index (χ0v) is 11.7. The van der Waals surface area contributed by atoms with Gasteiger partial charge in [-0.2, -0.15) is 12.6 Å². The molecule has 1 rings (SSSR count). The quantitative estimate of drug-likeness (QED) is 0.774. The summed E-state index contributed by atoms with van der Waals surface area (Å²) in [6.07, 6.45) is 0.479. The van der Waals surface area contributed by atoms with Gasteiger partial charge in [0, 0.05) is 18.4 Å². The molecule has 0 aromatic heterocycles. The molecule has 0 radical (unpaired) electrons. The largest absolute Gasteiger partial charge is 0.355 e. The van der Waals surface area contributed by atoms with Crippen molar-refractivity contribution in [1.29, 1.82) is 0 Å². The van der Waals surface area contributed by atoms with Crippen LogP contribution in [0, 0.1) is 6.92 Å². The van der Waals surface area contributed by atoms with Crippen LogP contribution in [0.15, 0.2) is 24.3 Å². The Kier molecular flexibility index (Phi) is 5.06. The summed E-state index contributed by atoms with van der Waals surface area (Å²) in [6.45, 7) is 7.01. The Bertz CT molecular complexity index is 370. The average molecular weight is 251 g/mol. The second-order valence-corrected chi connectivity index (χ2v) is 5.45. The van der Waals surface area contributed by atoms with Crippen molar-refractivity contribution in [3.05, 3.63) is 35.4 Å². The van der Waals surface area contributed by atoms with Crippen LogP contribution in [0.2, 0.25) is 0 Å². The van der Waals surface area contributed by atoms with Crippen LogP contribution >= 0.6 is 12.6 Å². The monoisotopic (exact) mass is 251 g/mol. The maximum atomic E-state index is 11.4. The van der Waals surface area contributed by atoms with Gasteiger partial charge in [-0.3, -0.25) is 4.79 Å². The highest BCUT2D eigenvalue weighted by atomic mass is 32.1. The Morgan fingerprint density at radius 2 is 1.88 bits per heavy atom. The topological polar surface area (TPSA) is 29.1 Å². The number of hydrogen-bond donors (Lipinski definition) is 2. The summed E-state index contributed by atoms with van der Waals surface area (Å²) in [5.74, 6) is 0.664. The van der Waals surface area contributed by atoms with Crippen LogP contribution in [0.4, 0.5) is 0 Å². The number of hydrogen-bond acceptors (Lipinski definition) is 2. The third-order valence-corrected chi connectivity index (χ3v) is 3.12. The van der Waals surface area contributed by atoms with E-state index >= 15 is 0 Å². The predicted octanol–water partition coefficient (Wildman–Crippen LogP) is 2.71. The molecular weight excluding hydrogens is 230 g/mol. The van der Waals surface area contributed by atoms with Crippen molar-refractivity contribution in [3.8, 4) is 0 Å². The zero-order valence-electron chi connectivity index (χ0n) is 10.8. The number of nitrogens with one attached hydrogen (secondary N) is 1. The van der Waals surface area contributed by atoms with Gasteiger partial charge in [-0.25, -0.2) is 0 Å². The van der Waals surface area contributed by atoms with E-state index in [0.29, 0.717) is 18.7 Å². The van der Waals surface area contributed by atoms with E-state index in [9.17, 15) is 4.79 Å². The first-order valence-electron chi connectivity index (χ1n) is 5.90. The van der Waals surface area contributed by atoms with E-state index < -0.39 is 0 Å². The van der Waals surface area contributed by atoms with Gasteiger partial charge in [0.25, 0.3) is 0 Å². The summed E-state index contributed by atoms with van der Waals surface area (Å²) >= 11 is 4.05. The minimum Gasteiger partial charge on any atom is -0.355 e. The van der Waals surface area contributed by atoms with E-state index in [0.717, 1.165) is 0 Å². The summed E-state index contributed by atoms with van der Waals surface area (Å²) in [5.41, 5.74) is 2.46. The van der Waals surface area contributed by atoms with Gasteiger partial charge in [0.2, 0.25) is 5.91 Å². The zero-order chi connectivity index (χ0) is 12.9. The van der Waals surface area contributed by atoms with Crippen molar-refractivity contribution in [1.82, 2.24) is 5.32 Å². The molecule has 17 heavy (non-hydrogen) atoms. The lowest BCUT2D eigenvalue weighted by atomic mass is 9.84. The Balaban J connectivity index is 2.61. The summed E-state index contributed by atoms with van der Waals surface area (Å²) in [5, 5.41) is 2.95. The van der Waals surface area contributed by atoms with Crippen LogP contribution in [0.3, 0.4) is 0 Å². The highest BCUT2D eigenvalue weighted by molar-refractivity contribution is 7.80. The third-order valence-electron chi connectivity index (χ3n) is 2.90. The fraction of sp³-hybridized carbons (Fsp3) is 0.500. The SMILES string of the molecule is Cc1ccc(C(C)(C)CNC(=O)CCS)cc1. The molecule has 0 saturated carbocycles. The van der Waals surface area contributed by atoms with E-state index in [4.69, 9.17) is 0 Å². The van der Waals surface area contributed by atoms with E-state index in [-0.39, 0.29) is 11.3 Å². The lowest BCUT2D eigenvalue weighted by molar-refractivity contribution is -0.120. The number of benzene rings is 1. The third kappa shape index (κ3) is 4.43. The van der Waals surface area contributed by atoms with E-state index in [1.807, 2.05) is 0 Å². The minimum atomic E-state index is -0.0417. The number of amides is 1.